The van der Waals surface area contributed by atoms with Crippen molar-refractivity contribution in [2.75, 3.05) is 6.54 Å². The van der Waals surface area contributed by atoms with Crippen molar-refractivity contribution in [3.63, 3.8) is 0 Å². The van der Waals surface area contributed by atoms with Gasteiger partial charge in [-0.05, 0) is 36.2 Å². The molecule has 0 aliphatic heterocycles. The van der Waals surface area contributed by atoms with E-state index in [0.29, 0.717) is 34.9 Å². The summed E-state index contributed by atoms with van der Waals surface area (Å²) in [7, 11) is -3.76. The predicted molar refractivity (Wildman–Crippen MR) is 142 cm³/mol. The Labute approximate surface area is 221 Å². The lowest BCUT2D eigenvalue weighted by Gasteiger charge is -2.23. The fraction of sp³-hybridized carbons (Fsp3) is 0.185. The molecule has 4 aromatic rings. The number of sulfone groups is 1. The van der Waals surface area contributed by atoms with Gasteiger partial charge in [0.2, 0.25) is 15.0 Å². The van der Waals surface area contributed by atoms with Gasteiger partial charge in [0.05, 0.1) is 41.3 Å². The molecule has 6 nitrogen and oxygen atoms in total. The molecule has 1 heterocycles. The zero-order valence-electron chi connectivity index (χ0n) is 19.6. The third kappa shape index (κ3) is 5.98. The van der Waals surface area contributed by atoms with Crippen LogP contribution in [0.25, 0.3) is 0 Å². The number of carbonyl (C=O) groups excluding carboxylic acids is 1. The average molecular weight is 542 g/mol. The number of imidazole rings is 1. The lowest BCUT2D eigenvalue weighted by Crippen LogP contribution is -2.31. The zero-order valence-corrected chi connectivity index (χ0v) is 22.0. The minimum atomic E-state index is -3.76. The summed E-state index contributed by atoms with van der Waals surface area (Å²) in [5.41, 5.74) is 2.53. The predicted octanol–water partition coefficient (Wildman–Crippen LogP) is 5.87. The summed E-state index contributed by atoms with van der Waals surface area (Å²) in [6.45, 7) is 2.70. The smallest absolute Gasteiger partial charge is 0.255 e. The molecule has 0 bridgehead atoms. The van der Waals surface area contributed by atoms with Gasteiger partial charge < -0.3 is 9.47 Å². The Bertz CT molecular complexity index is 1460. The zero-order chi connectivity index (χ0) is 25.7. The number of carbonyl (C=O) groups is 1. The Morgan fingerprint density at radius 2 is 1.58 bits per heavy atom. The third-order valence-corrected chi connectivity index (χ3v) is 7.89. The molecule has 0 radical (unpaired) electrons. The first kappa shape index (κ1) is 25.9. The maximum Gasteiger partial charge on any atom is 0.255 e. The quantitative estimate of drug-likeness (QED) is 0.265. The Morgan fingerprint density at radius 3 is 2.19 bits per heavy atom. The number of hydrogen-bond donors (Lipinski definition) is 0. The number of hydrogen-bond acceptors (Lipinski definition) is 4. The van der Waals surface area contributed by atoms with Crippen molar-refractivity contribution in [2.24, 2.45) is 0 Å². The number of rotatable bonds is 9. The minimum absolute atomic E-state index is 0.0294. The Morgan fingerprint density at radius 1 is 0.944 bits per heavy atom. The summed E-state index contributed by atoms with van der Waals surface area (Å²) in [4.78, 5) is 19.2. The molecule has 0 saturated heterocycles. The number of benzene rings is 3. The van der Waals surface area contributed by atoms with Crippen LogP contribution in [0.3, 0.4) is 0 Å². The van der Waals surface area contributed by atoms with Gasteiger partial charge in [0.15, 0.2) is 0 Å². The molecule has 1 aromatic heterocycles. The minimum Gasteiger partial charge on any atom is -0.333 e. The fourth-order valence-corrected chi connectivity index (χ4v) is 5.90. The highest BCUT2D eigenvalue weighted by molar-refractivity contribution is 7.90. The normalized spacial score (nSPS) is 11.4. The third-order valence-electron chi connectivity index (χ3n) is 5.75. The monoisotopic (exact) mass is 541 g/mol. The molecule has 0 aliphatic rings. The molecule has 0 saturated carbocycles. The summed E-state index contributed by atoms with van der Waals surface area (Å²) >= 11 is 12.3. The second-order valence-electron chi connectivity index (χ2n) is 8.29. The van der Waals surface area contributed by atoms with E-state index in [2.05, 4.69) is 4.98 Å². The summed E-state index contributed by atoms with van der Waals surface area (Å²) in [6.07, 6.45) is 1.53. The molecule has 0 fully saturated rings. The van der Waals surface area contributed by atoms with E-state index in [1.54, 1.807) is 45.9 Å². The van der Waals surface area contributed by atoms with Crippen molar-refractivity contribution >= 4 is 38.9 Å². The molecule has 1 amide bonds. The lowest BCUT2D eigenvalue weighted by molar-refractivity contribution is 0.0749. The van der Waals surface area contributed by atoms with Crippen molar-refractivity contribution < 1.29 is 13.2 Å². The number of amides is 1. The van der Waals surface area contributed by atoms with E-state index in [1.807, 2.05) is 43.3 Å². The first-order chi connectivity index (χ1) is 17.3. The molecule has 9 heteroatoms. The summed E-state index contributed by atoms with van der Waals surface area (Å²) in [5, 5.41) is 0.668. The first-order valence-electron chi connectivity index (χ1n) is 11.4. The summed E-state index contributed by atoms with van der Waals surface area (Å²) in [5.74, 6) is -0.448. The van der Waals surface area contributed by atoms with Gasteiger partial charge >= 0.3 is 0 Å². The van der Waals surface area contributed by atoms with Crippen LogP contribution in [0.1, 0.15) is 34.1 Å². The molecular formula is C27H25Cl2N3O3S. The van der Waals surface area contributed by atoms with E-state index in [0.717, 1.165) is 5.56 Å². The molecule has 0 spiro atoms. The van der Waals surface area contributed by atoms with Gasteiger partial charge in [-0.25, -0.2) is 13.4 Å². The van der Waals surface area contributed by atoms with Crippen molar-refractivity contribution in [1.82, 2.24) is 14.5 Å². The van der Waals surface area contributed by atoms with Gasteiger partial charge in [0.1, 0.15) is 0 Å². The maximum absolute atomic E-state index is 13.4. The average Bonchev–Trinajstić information content (AvgIpc) is 3.26. The van der Waals surface area contributed by atoms with Gasteiger partial charge in [-0.3, -0.25) is 4.79 Å². The van der Waals surface area contributed by atoms with Gasteiger partial charge in [0, 0.05) is 11.6 Å². The Kier molecular flexibility index (Phi) is 8.14. The highest BCUT2D eigenvalue weighted by Crippen LogP contribution is 2.24. The fourth-order valence-electron chi connectivity index (χ4n) is 3.92. The molecule has 0 aliphatic carbocycles. The molecule has 4 rings (SSSR count). The first-order valence-corrected chi connectivity index (χ1v) is 13.8. The van der Waals surface area contributed by atoms with Crippen LogP contribution in [0.4, 0.5) is 0 Å². The number of halogens is 2. The maximum atomic E-state index is 13.4. The van der Waals surface area contributed by atoms with Crippen molar-refractivity contribution in [3.8, 4) is 0 Å². The standard InChI is InChI=1S/C27H25Cl2N3O3S/c1-2-31(26(33)24-14-13-22(28)15-25(24)29)18-23-16-30-27(32(23)17-20-9-5-3-6-10-20)36(34,35)19-21-11-7-4-8-12-21/h3-16H,2,17-19H2,1H3. The van der Waals surface area contributed by atoms with Crippen LogP contribution < -0.4 is 0 Å². The SMILES string of the molecule is CCN(Cc1cnc(S(=O)(=O)Cc2ccccc2)n1Cc1ccccc1)C(=O)c1ccc(Cl)cc1Cl. The molecule has 3 aromatic carbocycles. The van der Waals surface area contributed by atoms with E-state index in [9.17, 15) is 13.2 Å². The molecule has 0 atom stereocenters. The molecular weight excluding hydrogens is 517 g/mol. The molecule has 36 heavy (non-hydrogen) atoms. The molecule has 0 unspecified atom stereocenters. The molecule has 0 N–H and O–H groups in total. The van der Waals surface area contributed by atoms with Crippen LogP contribution in [0.2, 0.25) is 10.0 Å². The second-order valence-corrected chi connectivity index (χ2v) is 11.0. The van der Waals surface area contributed by atoms with Gasteiger partial charge in [-0.1, -0.05) is 83.9 Å². The second kappa shape index (κ2) is 11.3. The number of nitrogens with zero attached hydrogens (tertiary/aromatic N) is 3. The topological polar surface area (TPSA) is 72.3 Å². The molecule has 186 valence electrons. The highest BCUT2D eigenvalue weighted by atomic mass is 35.5. The van der Waals surface area contributed by atoms with E-state index in [-0.39, 0.29) is 28.4 Å². The van der Waals surface area contributed by atoms with Crippen LogP contribution in [-0.2, 0) is 28.7 Å². The van der Waals surface area contributed by atoms with Gasteiger partial charge in [-0.15, -0.1) is 0 Å². The van der Waals surface area contributed by atoms with Gasteiger partial charge in [0.25, 0.3) is 5.91 Å². The largest absolute Gasteiger partial charge is 0.333 e. The summed E-state index contributed by atoms with van der Waals surface area (Å²) in [6, 6.07) is 23.3. The number of aromatic nitrogens is 2. The highest BCUT2D eigenvalue weighted by Gasteiger charge is 2.26. The lowest BCUT2D eigenvalue weighted by atomic mass is 10.2. The van der Waals surface area contributed by atoms with E-state index in [4.69, 9.17) is 23.2 Å². The Balaban J connectivity index is 1.70. The van der Waals surface area contributed by atoms with Crippen LogP contribution >= 0.6 is 23.2 Å². The van der Waals surface area contributed by atoms with E-state index >= 15 is 0 Å². The van der Waals surface area contributed by atoms with Crippen LogP contribution in [0, 0.1) is 0 Å². The van der Waals surface area contributed by atoms with Crippen molar-refractivity contribution in [3.05, 3.63) is 117 Å². The summed E-state index contributed by atoms with van der Waals surface area (Å²) < 4.78 is 28.5. The van der Waals surface area contributed by atoms with E-state index in [1.165, 1.54) is 12.3 Å². The van der Waals surface area contributed by atoms with Crippen molar-refractivity contribution in [2.45, 2.75) is 30.9 Å². The van der Waals surface area contributed by atoms with Crippen LogP contribution in [-0.4, -0.2) is 35.3 Å². The van der Waals surface area contributed by atoms with Gasteiger partial charge in [-0.2, -0.15) is 0 Å². The van der Waals surface area contributed by atoms with Crippen LogP contribution in [0.15, 0.2) is 90.2 Å². The van der Waals surface area contributed by atoms with E-state index < -0.39 is 9.84 Å². The Hall–Kier alpha value is -3.13. The van der Waals surface area contributed by atoms with Crippen LogP contribution in [0.5, 0.6) is 0 Å². The van der Waals surface area contributed by atoms with Crippen molar-refractivity contribution in [1.29, 1.82) is 0 Å².